The molecule has 0 radical (unpaired) electrons. The highest BCUT2D eigenvalue weighted by atomic mass is 19.4. The number of carbonyl (C=O) groups is 1. The summed E-state index contributed by atoms with van der Waals surface area (Å²) in [6, 6.07) is 0. The monoisotopic (exact) mass is 276 g/mol. The normalized spacial score (nSPS) is 25.6. The molecular weight excluding hydrogens is 267 g/mol. The largest absolute Gasteiger partial charge is 0.511 e. The minimum Gasteiger partial charge on any atom is -0.427 e. The molecule has 0 amide bonds. The van der Waals surface area contributed by atoms with E-state index >= 15 is 0 Å². The fourth-order valence-electron chi connectivity index (χ4n) is 1.14. The van der Waals surface area contributed by atoms with Crippen molar-refractivity contribution in [3.8, 4) is 0 Å². The van der Waals surface area contributed by atoms with E-state index < -0.39 is 43.0 Å². The Morgan fingerprint density at radius 1 is 1.44 bits per heavy atom. The van der Waals surface area contributed by atoms with Crippen LogP contribution < -0.4 is 0 Å². The highest BCUT2D eigenvalue weighted by Gasteiger charge is 2.44. The molecular formula is C9H9F5O4. The first-order valence-electron chi connectivity index (χ1n) is 4.81. The van der Waals surface area contributed by atoms with Gasteiger partial charge in [0.25, 0.3) is 5.79 Å². The molecule has 0 N–H and O–H groups in total. The second kappa shape index (κ2) is 5.09. The Morgan fingerprint density at radius 3 is 2.44 bits per heavy atom. The maximum atomic E-state index is 12.8. The summed E-state index contributed by atoms with van der Waals surface area (Å²) in [5.74, 6) is -6.68. The highest BCUT2D eigenvalue weighted by Crippen LogP contribution is 2.31. The van der Waals surface area contributed by atoms with E-state index in [1.807, 2.05) is 0 Å². The number of alkyl halides is 3. The van der Waals surface area contributed by atoms with Crippen LogP contribution in [0.2, 0.25) is 0 Å². The molecule has 1 aliphatic rings. The summed E-state index contributed by atoms with van der Waals surface area (Å²) in [7, 11) is 0. The third kappa shape index (κ3) is 3.31. The average molecular weight is 276 g/mol. The van der Waals surface area contributed by atoms with Crippen molar-refractivity contribution in [2.45, 2.75) is 25.3 Å². The van der Waals surface area contributed by atoms with Gasteiger partial charge in [0.15, 0.2) is 12.4 Å². The third-order valence-electron chi connectivity index (χ3n) is 2.17. The van der Waals surface area contributed by atoms with Gasteiger partial charge in [0.05, 0.1) is 0 Å². The van der Waals surface area contributed by atoms with E-state index in [2.05, 4.69) is 14.2 Å². The Balaban J connectivity index is 2.67. The van der Waals surface area contributed by atoms with E-state index in [4.69, 9.17) is 0 Å². The lowest BCUT2D eigenvalue weighted by Gasteiger charge is -2.23. The zero-order valence-electron chi connectivity index (χ0n) is 9.14. The number of allylic oxidation sites excluding steroid dienone is 1. The Labute approximate surface area is 98.3 Å². The number of halogens is 5. The molecule has 1 heterocycles. The zero-order valence-corrected chi connectivity index (χ0v) is 9.14. The lowest BCUT2D eigenvalue weighted by atomic mass is 10.2. The third-order valence-corrected chi connectivity index (χ3v) is 2.17. The number of hydrogen-bond donors (Lipinski definition) is 0. The standard InChI is InChI=1S/C9H9F5O4/c1-2-8(4-16-7(15)18-8)17-3-5(10)6(11)9(12,13)14/h2-4H2,1H3/b6-5-. The molecule has 1 saturated heterocycles. The Kier molecular flexibility index (Phi) is 4.15. The highest BCUT2D eigenvalue weighted by molar-refractivity contribution is 5.62. The van der Waals surface area contributed by atoms with E-state index in [1.54, 1.807) is 0 Å². The summed E-state index contributed by atoms with van der Waals surface area (Å²) in [5.41, 5.74) is 0. The van der Waals surface area contributed by atoms with Crippen LogP contribution in [0.5, 0.6) is 0 Å². The van der Waals surface area contributed by atoms with Crippen molar-refractivity contribution in [3.63, 3.8) is 0 Å². The van der Waals surface area contributed by atoms with Crippen LogP contribution in [0.1, 0.15) is 13.3 Å². The van der Waals surface area contributed by atoms with Gasteiger partial charge in [-0.2, -0.15) is 17.6 Å². The molecule has 0 aromatic rings. The van der Waals surface area contributed by atoms with Crippen LogP contribution in [-0.2, 0) is 14.2 Å². The van der Waals surface area contributed by atoms with Gasteiger partial charge in [-0.15, -0.1) is 0 Å². The van der Waals surface area contributed by atoms with Crippen LogP contribution >= 0.6 is 0 Å². The molecule has 0 aromatic carbocycles. The van der Waals surface area contributed by atoms with Gasteiger partial charge < -0.3 is 14.2 Å². The molecule has 0 aliphatic carbocycles. The molecule has 4 nitrogen and oxygen atoms in total. The summed E-state index contributed by atoms with van der Waals surface area (Å²) >= 11 is 0. The van der Waals surface area contributed by atoms with Crippen LogP contribution in [0.25, 0.3) is 0 Å². The molecule has 18 heavy (non-hydrogen) atoms. The molecule has 0 spiro atoms. The Morgan fingerprint density at radius 2 is 2.06 bits per heavy atom. The van der Waals surface area contributed by atoms with Gasteiger partial charge in [-0.05, 0) is 0 Å². The van der Waals surface area contributed by atoms with E-state index in [9.17, 15) is 26.7 Å². The maximum Gasteiger partial charge on any atom is 0.511 e. The lowest BCUT2D eigenvalue weighted by molar-refractivity contribution is -0.179. The van der Waals surface area contributed by atoms with Crippen molar-refractivity contribution in [1.82, 2.24) is 0 Å². The topological polar surface area (TPSA) is 44.8 Å². The average Bonchev–Trinajstić information content (AvgIpc) is 2.66. The maximum absolute atomic E-state index is 12.8. The first-order chi connectivity index (χ1) is 8.20. The fourth-order valence-corrected chi connectivity index (χ4v) is 1.14. The second-order valence-corrected chi connectivity index (χ2v) is 3.41. The van der Waals surface area contributed by atoms with Crippen molar-refractivity contribution in [3.05, 3.63) is 11.7 Å². The van der Waals surface area contributed by atoms with Crippen molar-refractivity contribution in [2.24, 2.45) is 0 Å². The number of carbonyl (C=O) groups excluding carboxylic acids is 1. The first-order valence-corrected chi connectivity index (χ1v) is 4.81. The molecule has 1 aliphatic heterocycles. The van der Waals surface area contributed by atoms with Gasteiger partial charge >= 0.3 is 12.3 Å². The minimum atomic E-state index is -5.42. The number of ether oxygens (including phenoxy) is 3. The van der Waals surface area contributed by atoms with Gasteiger partial charge in [0, 0.05) is 6.42 Å². The minimum absolute atomic E-state index is 0.0135. The predicted octanol–water partition coefficient (Wildman–Crippen LogP) is 2.99. The van der Waals surface area contributed by atoms with Crippen molar-refractivity contribution in [2.75, 3.05) is 13.2 Å². The quantitative estimate of drug-likeness (QED) is 0.585. The SMILES string of the molecule is CCC1(OC/C(F)=C(/F)C(F)(F)F)COC(=O)O1. The molecule has 1 fully saturated rings. The van der Waals surface area contributed by atoms with E-state index in [0.717, 1.165) is 0 Å². The summed E-state index contributed by atoms with van der Waals surface area (Å²) in [4.78, 5) is 10.7. The number of hydrogen-bond acceptors (Lipinski definition) is 4. The van der Waals surface area contributed by atoms with Gasteiger partial charge in [-0.3, -0.25) is 0 Å². The van der Waals surface area contributed by atoms with Crippen LogP contribution in [0.3, 0.4) is 0 Å². The van der Waals surface area contributed by atoms with Crippen molar-refractivity contribution in [1.29, 1.82) is 0 Å². The molecule has 0 aromatic heterocycles. The van der Waals surface area contributed by atoms with Crippen molar-refractivity contribution >= 4 is 6.16 Å². The molecule has 0 bridgehead atoms. The smallest absolute Gasteiger partial charge is 0.427 e. The van der Waals surface area contributed by atoms with Gasteiger partial charge in [-0.1, -0.05) is 6.92 Å². The fraction of sp³-hybridized carbons (Fsp3) is 0.667. The molecule has 1 atom stereocenters. The van der Waals surface area contributed by atoms with Crippen molar-refractivity contribution < 1.29 is 41.0 Å². The van der Waals surface area contributed by atoms with Crippen LogP contribution in [0.4, 0.5) is 26.7 Å². The molecule has 1 unspecified atom stereocenters. The van der Waals surface area contributed by atoms with Crippen LogP contribution in [0.15, 0.2) is 11.7 Å². The van der Waals surface area contributed by atoms with Gasteiger partial charge in [-0.25, -0.2) is 9.18 Å². The number of rotatable bonds is 4. The summed E-state index contributed by atoms with van der Waals surface area (Å²) in [6.45, 7) is -0.233. The molecule has 9 heteroatoms. The number of cyclic esters (lactones) is 2. The van der Waals surface area contributed by atoms with Gasteiger partial charge in [0.1, 0.15) is 6.61 Å². The first kappa shape index (κ1) is 14.7. The molecule has 0 saturated carbocycles. The molecule has 104 valence electrons. The second-order valence-electron chi connectivity index (χ2n) is 3.41. The van der Waals surface area contributed by atoms with Crippen LogP contribution in [-0.4, -0.2) is 31.3 Å². The molecule has 1 rings (SSSR count). The summed E-state index contributed by atoms with van der Waals surface area (Å²) in [5, 5.41) is 0. The Hall–Kier alpha value is -1.38. The Bertz CT molecular complexity index is 364. The zero-order chi connectivity index (χ0) is 14.0. The van der Waals surface area contributed by atoms with E-state index in [-0.39, 0.29) is 6.42 Å². The lowest BCUT2D eigenvalue weighted by Crippen LogP contribution is -2.35. The van der Waals surface area contributed by atoms with Crippen LogP contribution in [0, 0.1) is 0 Å². The summed E-state index contributed by atoms with van der Waals surface area (Å²) < 4.78 is 74.2. The van der Waals surface area contributed by atoms with E-state index in [1.165, 1.54) is 6.92 Å². The summed E-state index contributed by atoms with van der Waals surface area (Å²) in [6.07, 6.45) is -6.49. The predicted molar refractivity (Wildman–Crippen MR) is 46.7 cm³/mol. The van der Waals surface area contributed by atoms with E-state index in [0.29, 0.717) is 0 Å². The van der Waals surface area contributed by atoms with Gasteiger partial charge in [0.2, 0.25) is 5.83 Å².